The Morgan fingerprint density at radius 3 is 2.67 bits per heavy atom. The zero-order valence-electron chi connectivity index (χ0n) is 11.5. The van der Waals surface area contributed by atoms with Crippen molar-refractivity contribution in [2.45, 2.75) is 0 Å². The van der Waals surface area contributed by atoms with E-state index in [1.807, 2.05) is 25.2 Å². The lowest BCUT2D eigenvalue weighted by molar-refractivity contribution is 0.100. The maximum atomic E-state index is 11.0. The summed E-state index contributed by atoms with van der Waals surface area (Å²) in [6, 6.07) is 9.00. The van der Waals surface area contributed by atoms with Crippen molar-refractivity contribution in [1.29, 1.82) is 0 Å². The lowest BCUT2D eigenvalue weighted by Crippen LogP contribution is -2.10. The van der Waals surface area contributed by atoms with Crippen LogP contribution in [0.5, 0.6) is 0 Å². The first kappa shape index (κ1) is 13.0. The van der Waals surface area contributed by atoms with E-state index in [9.17, 15) is 4.79 Å². The Morgan fingerprint density at radius 2 is 2.00 bits per heavy atom. The maximum absolute atomic E-state index is 11.0. The van der Waals surface area contributed by atoms with Crippen molar-refractivity contribution in [2.24, 2.45) is 5.73 Å². The number of fused-ring (bicyclic) bond motifs is 1. The van der Waals surface area contributed by atoms with Crippen molar-refractivity contribution in [2.75, 3.05) is 17.7 Å². The standard InChI is InChI=1S/C15H15N5O/c1-17-12-7-18-8-13-11(12)6-14(20-13)19-10-4-2-9(3-5-10)15(16)21/h2-8,17,19-20H,1H3,(H2,16,21). The number of nitrogens with two attached hydrogens (primary N) is 1. The molecule has 0 spiro atoms. The minimum atomic E-state index is -0.433. The number of primary amides is 1. The van der Waals surface area contributed by atoms with Crippen LogP contribution in [0.15, 0.2) is 42.7 Å². The Hall–Kier alpha value is -3.02. The van der Waals surface area contributed by atoms with E-state index in [1.54, 1.807) is 24.5 Å². The summed E-state index contributed by atoms with van der Waals surface area (Å²) in [5.41, 5.74) is 8.47. The summed E-state index contributed by atoms with van der Waals surface area (Å²) in [4.78, 5) is 18.5. The maximum Gasteiger partial charge on any atom is 0.248 e. The smallest absolute Gasteiger partial charge is 0.248 e. The number of nitrogens with one attached hydrogen (secondary N) is 3. The monoisotopic (exact) mass is 281 g/mol. The van der Waals surface area contributed by atoms with Crippen LogP contribution in [0.3, 0.4) is 0 Å². The first-order valence-electron chi connectivity index (χ1n) is 6.49. The van der Waals surface area contributed by atoms with Gasteiger partial charge >= 0.3 is 0 Å². The largest absolute Gasteiger partial charge is 0.386 e. The van der Waals surface area contributed by atoms with Gasteiger partial charge in [-0.1, -0.05) is 0 Å². The number of aromatic amines is 1. The fraction of sp³-hybridized carbons (Fsp3) is 0.0667. The number of benzene rings is 1. The molecule has 0 bridgehead atoms. The number of nitrogens with zero attached hydrogens (tertiary/aromatic N) is 1. The second kappa shape index (κ2) is 5.16. The van der Waals surface area contributed by atoms with Crippen LogP contribution in [-0.2, 0) is 0 Å². The van der Waals surface area contributed by atoms with E-state index in [4.69, 9.17) is 5.73 Å². The van der Waals surface area contributed by atoms with Gasteiger partial charge in [0.1, 0.15) is 5.82 Å². The van der Waals surface area contributed by atoms with Crippen LogP contribution in [0.4, 0.5) is 17.2 Å². The van der Waals surface area contributed by atoms with Crippen molar-refractivity contribution in [3.05, 3.63) is 48.3 Å². The highest BCUT2D eigenvalue weighted by Crippen LogP contribution is 2.26. The van der Waals surface area contributed by atoms with E-state index in [0.717, 1.165) is 28.1 Å². The number of carbonyl (C=O) groups is 1. The highest BCUT2D eigenvalue weighted by molar-refractivity contribution is 5.95. The molecule has 0 radical (unpaired) electrons. The van der Waals surface area contributed by atoms with E-state index in [0.29, 0.717) is 5.56 Å². The lowest BCUT2D eigenvalue weighted by atomic mass is 10.2. The molecule has 0 saturated heterocycles. The van der Waals surface area contributed by atoms with Crippen molar-refractivity contribution in [3.63, 3.8) is 0 Å². The van der Waals surface area contributed by atoms with Crippen LogP contribution < -0.4 is 16.4 Å². The van der Waals surface area contributed by atoms with Gasteiger partial charge < -0.3 is 21.4 Å². The topological polar surface area (TPSA) is 95.8 Å². The number of rotatable bonds is 4. The number of anilines is 3. The molecule has 2 aromatic heterocycles. The van der Waals surface area contributed by atoms with Gasteiger partial charge in [-0.05, 0) is 30.3 Å². The summed E-state index contributed by atoms with van der Waals surface area (Å²) in [5.74, 6) is 0.415. The molecule has 1 amide bonds. The van der Waals surface area contributed by atoms with Crippen molar-refractivity contribution in [1.82, 2.24) is 9.97 Å². The average molecular weight is 281 g/mol. The number of hydrogen-bond acceptors (Lipinski definition) is 4. The van der Waals surface area contributed by atoms with E-state index < -0.39 is 5.91 Å². The van der Waals surface area contributed by atoms with Crippen LogP contribution in [0.1, 0.15) is 10.4 Å². The minimum Gasteiger partial charge on any atom is -0.386 e. The second-order valence-electron chi connectivity index (χ2n) is 4.65. The Kier molecular flexibility index (Phi) is 3.19. The highest BCUT2D eigenvalue weighted by Gasteiger charge is 2.06. The molecule has 0 saturated carbocycles. The highest BCUT2D eigenvalue weighted by atomic mass is 16.1. The van der Waals surface area contributed by atoms with Gasteiger partial charge in [-0.15, -0.1) is 0 Å². The summed E-state index contributed by atoms with van der Waals surface area (Å²) in [5, 5.41) is 7.41. The molecule has 0 aliphatic heterocycles. The van der Waals surface area contributed by atoms with Gasteiger partial charge in [0.15, 0.2) is 0 Å². The van der Waals surface area contributed by atoms with Gasteiger partial charge in [0.05, 0.1) is 23.6 Å². The normalized spacial score (nSPS) is 10.5. The van der Waals surface area contributed by atoms with Crippen molar-refractivity contribution in [3.8, 4) is 0 Å². The predicted octanol–water partition coefficient (Wildman–Crippen LogP) is 2.45. The molecule has 106 valence electrons. The molecule has 0 unspecified atom stereocenters. The molecule has 21 heavy (non-hydrogen) atoms. The SMILES string of the molecule is CNc1cncc2[nH]c(Nc3ccc(C(N)=O)cc3)cc12. The Bertz CT molecular complexity index is 791. The molecule has 6 nitrogen and oxygen atoms in total. The van der Waals surface area contributed by atoms with Crippen LogP contribution >= 0.6 is 0 Å². The van der Waals surface area contributed by atoms with Crippen molar-refractivity contribution >= 4 is 34.0 Å². The fourth-order valence-corrected chi connectivity index (χ4v) is 2.19. The molecule has 3 aromatic rings. The molecule has 0 aliphatic rings. The molecular weight excluding hydrogens is 266 g/mol. The minimum absolute atomic E-state index is 0.433. The zero-order valence-corrected chi connectivity index (χ0v) is 11.5. The zero-order chi connectivity index (χ0) is 14.8. The molecular formula is C15H15N5O. The number of pyridine rings is 1. The first-order chi connectivity index (χ1) is 10.2. The summed E-state index contributed by atoms with van der Waals surface area (Å²) in [6.07, 6.45) is 3.55. The van der Waals surface area contributed by atoms with Gasteiger partial charge in [-0.25, -0.2) is 0 Å². The summed E-state index contributed by atoms with van der Waals surface area (Å²) < 4.78 is 0. The van der Waals surface area contributed by atoms with Gasteiger partial charge in [0, 0.05) is 23.7 Å². The van der Waals surface area contributed by atoms with E-state index in [-0.39, 0.29) is 0 Å². The molecule has 1 aromatic carbocycles. The van der Waals surface area contributed by atoms with Gasteiger partial charge in [0.2, 0.25) is 5.91 Å². The van der Waals surface area contributed by atoms with E-state index in [2.05, 4.69) is 20.6 Å². The summed E-state index contributed by atoms with van der Waals surface area (Å²) in [6.45, 7) is 0. The quantitative estimate of drug-likeness (QED) is 0.590. The Morgan fingerprint density at radius 1 is 1.24 bits per heavy atom. The number of carbonyl (C=O) groups excluding carboxylic acids is 1. The average Bonchev–Trinajstić information content (AvgIpc) is 2.90. The molecule has 0 fully saturated rings. The molecule has 3 rings (SSSR count). The molecule has 5 N–H and O–H groups in total. The molecule has 0 aliphatic carbocycles. The first-order valence-corrected chi connectivity index (χ1v) is 6.49. The van der Waals surface area contributed by atoms with Crippen LogP contribution in [0, 0.1) is 0 Å². The third-order valence-corrected chi connectivity index (χ3v) is 3.26. The van der Waals surface area contributed by atoms with E-state index >= 15 is 0 Å². The lowest BCUT2D eigenvalue weighted by Gasteiger charge is -2.04. The number of hydrogen-bond donors (Lipinski definition) is 4. The molecule has 6 heteroatoms. The fourth-order valence-electron chi connectivity index (χ4n) is 2.19. The number of amides is 1. The second-order valence-corrected chi connectivity index (χ2v) is 4.65. The van der Waals surface area contributed by atoms with Crippen LogP contribution in [-0.4, -0.2) is 22.9 Å². The van der Waals surface area contributed by atoms with Gasteiger partial charge in [-0.2, -0.15) is 0 Å². The molecule has 2 heterocycles. The number of aromatic nitrogens is 2. The Labute approximate surface area is 121 Å². The van der Waals surface area contributed by atoms with Crippen molar-refractivity contribution < 1.29 is 4.79 Å². The Balaban J connectivity index is 1.89. The van der Waals surface area contributed by atoms with Gasteiger partial charge in [-0.3, -0.25) is 9.78 Å². The van der Waals surface area contributed by atoms with Crippen LogP contribution in [0.25, 0.3) is 10.9 Å². The van der Waals surface area contributed by atoms with Crippen LogP contribution in [0.2, 0.25) is 0 Å². The van der Waals surface area contributed by atoms with E-state index in [1.165, 1.54) is 0 Å². The summed E-state index contributed by atoms with van der Waals surface area (Å²) >= 11 is 0. The molecule has 0 atom stereocenters. The predicted molar refractivity (Wildman–Crippen MR) is 83.9 cm³/mol. The third-order valence-electron chi connectivity index (χ3n) is 3.26. The summed E-state index contributed by atoms with van der Waals surface area (Å²) in [7, 11) is 1.86. The number of H-pyrrole nitrogens is 1. The van der Waals surface area contributed by atoms with Gasteiger partial charge in [0.25, 0.3) is 0 Å². The third kappa shape index (κ3) is 2.51.